The van der Waals surface area contributed by atoms with E-state index in [0.29, 0.717) is 83.2 Å². The van der Waals surface area contributed by atoms with Gasteiger partial charge in [-0.05, 0) is 90.3 Å². The first-order valence-corrected chi connectivity index (χ1v) is 21.8. The molecule has 0 spiro atoms. The van der Waals surface area contributed by atoms with Gasteiger partial charge in [0, 0.05) is 11.4 Å². The van der Waals surface area contributed by atoms with Crippen LogP contribution in [-0.2, 0) is 9.13 Å². The number of hydrogen-bond donors (Lipinski definition) is 0. The first kappa shape index (κ1) is 29.6. The Balaban J connectivity index is 1.19. The summed E-state index contributed by atoms with van der Waals surface area (Å²) >= 11 is 0. The van der Waals surface area contributed by atoms with Crippen molar-refractivity contribution < 1.29 is 28.1 Å². The quantitative estimate of drug-likeness (QED) is 0.161. The van der Waals surface area contributed by atoms with E-state index in [9.17, 15) is 0 Å². The third-order valence-corrected chi connectivity index (χ3v) is 18.3. The average molecular weight is 763 g/mol. The summed E-state index contributed by atoms with van der Waals surface area (Å²) in [7, 11) is -7.29. The van der Waals surface area contributed by atoms with E-state index in [1.807, 2.05) is 109 Å². The van der Waals surface area contributed by atoms with Crippen LogP contribution in [0.5, 0.6) is 46.0 Å². The fourth-order valence-corrected chi connectivity index (χ4v) is 16.6. The van der Waals surface area contributed by atoms with E-state index >= 15 is 9.13 Å². The number of fused-ring (bicyclic) bond motifs is 3. The zero-order chi connectivity index (χ0) is 36.7. The maximum absolute atomic E-state index is 16.6. The van der Waals surface area contributed by atoms with E-state index in [1.165, 1.54) is 0 Å². The van der Waals surface area contributed by atoms with Gasteiger partial charge in [0.05, 0.1) is 49.4 Å². The van der Waals surface area contributed by atoms with E-state index in [4.69, 9.17) is 18.9 Å². The van der Waals surface area contributed by atoms with Crippen LogP contribution in [0.2, 0.25) is 0 Å². The van der Waals surface area contributed by atoms with Gasteiger partial charge < -0.3 is 37.9 Å². The van der Waals surface area contributed by atoms with Gasteiger partial charge in [0.2, 0.25) is 0 Å². The molecule has 8 aromatic rings. The molecule has 10 heteroatoms. The van der Waals surface area contributed by atoms with E-state index < -0.39 is 14.3 Å². The molecule has 6 aliphatic heterocycles. The van der Waals surface area contributed by atoms with Crippen LogP contribution in [-0.4, -0.2) is 0 Å². The number of para-hydroxylation sites is 2. The fourth-order valence-electron chi connectivity index (χ4n) is 9.83. The van der Waals surface area contributed by atoms with Crippen LogP contribution in [0.15, 0.2) is 146 Å². The lowest BCUT2D eigenvalue weighted by Crippen LogP contribution is -2.43. The minimum Gasteiger partial charge on any atom is -0.456 e. The molecule has 8 aromatic carbocycles. The molecule has 0 amide bonds. The van der Waals surface area contributed by atoms with Gasteiger partial charge in [-0.15, -0.1) is 0 Å². The van der Waals surface area contributed by atoms with Gasteiger partial charge in [-0.1, -0.05) is 60.7 Å². The largest absolute Gasteiger partial charge is 0.456 e. The van der Waals surface area contributed by atoms with Crippen molar-refractivity contribution in [1.29, 1.82) is 0 Å². The molecule has 56 heavy (non-hydrogen) atoms. The molecule has 2 atom stereocenters. The fraction of sp³-hybridized carbons (Fsp3) is 0. The van der Waals surface area contributed by atoms with Crippen LogP contribution in [0.1, 0.15) is 0 Å². The first-order chi connectivity index (χ1) is 27.5. The number of hydrogen-bond acceptors (Lipinski definition) is 8. The normalized spacial score (nSPS) is 19.9. The van der Waals surface area contributed by atoms with Crippen molar-refractivity contribution >= 4 is 91.0 Å². The lowest BCUT2D eigenvalue weighted by Gasteiger charge is -2.45. The maximum Gasteiger partial charge on any atom is 0.189 e. The van der Waals surface area contributed by atoms with Crippen LogP contribution < -0.4 is 60.6 Å². The molecule has 6 aliphatic rings. The molecule has 0 fully saturated rings. The molecule has 264 valence electrons. The van der Waals surface area contributed by atoms with E-state index in [2.05, 4.69) is 46.2 Å². The Hall–Kier alpha value is -6.72. The van der Waals surface area contributed by atoms with Crippen LogP contribution in [0.25, 0.3) is 10.8 Å². The summed E-state index contributed by atoms with van der Waals surface area (Å²) in [6, 6.07) is 47.2. The summed E-state index contributed by atoms with van der Waals surface area (Å²) in [5.41, 5.74) is 4.84. The maximum atomic E-state index is 16.6. The molecule has 0 saturated carbocycles. The molecule has 0 radical (unpaired) electrons. The number of anilines is 6. The standard InChI is InChI=1S/C46H24N2O6P2/c49-55-41-28-15-7-17-32(41)51-34-19-9-21-36(45(34)55)53-39-38-25(23-30(43(39)55)47(28)26-11-3-1-4-12-26)24-31-44-40(38)54-37-22-10-20-35-46(37)56(44,50)42-29(16-8-18-33(42)52-35)48(31)27-13-5-2-6-14-27/h1-24H. The van der Waals surface area contributed by atoms with Crippen LogP contribution in [0.3, 0.4) is 0 Å². The second kappa shape index (κ2) is 9.74. The highest BCUT2D eigenvalue weighted by atomic mass is 31.2. The van der Waals surface area contributed by atoms with Crippen LogP contribution in [0.4, 0.5) is 34.1 Å². The molecule has 8 nitrogen and oxygen atoms in total. The van der Waals surface area contributed by atoms with Gasteiger partial charge in [0.1, 0.15) is 45.1 Å². The summed E-state index contributed by atoms with van der Waals surface area (Å²) in [6.45, 7) is 0. The summed E-state index contributed by atoms with van der Waals surface area (Å²) in [6.07, 6.45) is 0. The smallest absolute Gasteiger partial charge is 0.189 e. The SMILES string of the molecule is O=P12c3c4cccc3Oc3c1c(cc1cc5c6c(c31)Oc1cccc3c1P6(=O)c1c(cccc1N5c1ccccc1)O3)N(c1ccccc1)c1cccc(c12)O4. The Labute approximate surface area is 319 Å². The Morgan fingerprint density at radius 3 is 1.16 bits per heavy atom. The molecule has 0 aromatic heterocycles. The second-order valence-corrected chi connectivity index (χ2v) is 19.8. The number of nitrogens with zero attached hydrogens (tertiary/aromatic N) is 2. The van der Waals surface area contributed by atoms with Crippen molar-refractivity contribution in [2.24, 2.45) is 0 Å². The zero-order valence-corrected chi connectivity index (χ0v) is 30.9. The molecule has 14 rings (SSSR count). The van der Waals surface area contributed by atoms with Crippen LogP contribution in [0, 0.1) is 0 Å². The minimum absolute atomic E-state index is 0.427. The van der Waals surface area contributed by atoms with Gasteiger partial charge in [0.25, 0.3) is 0 Å². The summed E-state index contributed by atoms with van der Waals surface area (Å²) < 4.78 is 60.4. The third kappa shape index (κ3) is 3.22. The van der Waals surface area contributed by atoms with Crippen molar-refractivity contribution in [3.8, 4) is 46.0 Å². The molecule has 2 unspecified atom stereocenters. The average Bonchev–Trinajstić information content (AvgIpc) is 3.21. The summed E-state index contributed by atoms with van der Waals surface area (Å²) in [4.78, 5) is 4.31. The van der Waals surface area contributed by atoms with Gasteiger partial charge in [-0.2, -0.15) is 0 Å². The highest BCUT2D eigenvalue weighted by Crippen LogP contribution is 2.69. The third-order valence-electron chi connectivity index (χ3n) is 11.9. The van der Waals surface area contributed by atoms with Gasteiger partial charge in [0.15, 0.2) is 25.8 Å². The predicted octanol–water partition coefficient (Wildman–Crippen LogP) is 10.1. The number of ether oxygens (including phenoxy) is 4. The van der Waals surface area contributed by atoms with Gasteiger partial charge in [-0.25, -0.2) is 0 Å². The van der Waals surface area contributed by atoms with Crippen molar-refractivity contribution in [3.63, 3.8) is 0 Å². The number of benzene rings is 8. The van der Waals surface area contributed by atoms with E-state index in [1.54, 1.807) is 0 Å². The van der Waals surface area contributed by atoms with E-state index in [-0.39, 0.29) is 0 Å². The molecule has 0 aliphatic carbocycles. The Kier molecular flexibility index (Phi) is 5.15. The molecule has 0 bridgehead atoms. The van der Waals surface area contributed by atoms with E-state index in [0.717, 1.165) is 39.5 Å². The molecule has 0 saturated heterocycles. The highest BCUT2D eigenvalue weighted by Gasteiger charge is 2.57. The molecular weight excluding hydrogens is 738 g/mol. The van der Waals surface area contributed by atoms with Crippen molar-refractivity contribution in [2.45, 2.75) is 0 Å². The van der Waals surface area contributed by atoms with Crippen molar-refractivity contribution in [2.75, 3.05) is 9.80 Å². The summed E-state index contributed by atoms with van der Waals surface area (Å²) in [5.74, 6) is 3.91. The minimum atomic E-state index is -3.64. The first-order valence-electron chi connectivity index (χ1n) is 18.4. The van der Waals surface area contributed by atoms with Crippen molar-refractivity contribution in [1.82, 2.24) is 0 Å². The topological polar surface area (TPSA) is 77.5 Å². The molecule has 0 N–H and O–H groups in total. The van der Waals surface area contributed by atoms with Crippen molar-refractivity contribution in [3.05, 3.63) is 146 Å². The van der Waals surface area contributed by atoms with Crippen LogP contribution >= 0.6 is 14.3 Å². The Morgan fingerprint density at radius 2 is 0.732 bits per heavy atom. The summed E-state index contributed by atoms with van der Waals surface area (Å²) in [5, 5.41) is 4.90. The second-order valence-electron chi connectivity index (χ2n) is 14.7. The number of rotatable bonds is 2. The molecule has 6 heterocycles. The monoisotopic (exact) mass is 762 g/mol. The highest BCUT2D eigenvalue weighted by molar-refractivity contribution is 7.87. The van der Waals surface area contributed by atoms with Gasteiger partial charge >= 0.3 is 0 Å². The van der Waals surface area contributed by atoms with Gasteiger partial charge in [-0.3, -0.25) is 0 Å². The zero-order valence-electron chi connectivity index (χ0n) is 29.1. The molecular formula is C46H24N2O6P2. The predicted molar refractivity (Wildman–Crippen MR) is 220 cm³/mol. The Morgan fingerprint density at radius 1 is 0.357 bits per heavy atom. The lowest BCUT2D eigenvalue weighted by atomic mass is 10.0. The Bertz CT molecular complexity index is 3080. The lowest BCUT2D eigenvalue weighted by molar-refractivity contribution is 0.456.